The molecule has 13 heavy (non-hydrogen) atoms. The van der Waals surface area contributed by atoms with Crippen LogP contribution in [0, 0.1) is 0 Å². The molecule has 0 spiro atoms. The Labute approximate surface area is 79.9 Å². The summed E-state index contributed by atoms with van der Waals surface area (Å²) in [4.78, 5) is 22.4. The summed E-state index contributed by atoms with van der Waals surface area (Å²) in [5, 5.41) is 2.70. The van der Waals surface area contributed by atoms with E-state index in [0.29, 0.717) is 6.42 Å². The molecule has 3 heteroatoms. The van der Waals surface area contributed by atoms with E-state index >= 15 is 0 Å². The van der Waals surface area contributed by atoms with Crippen LogP contribution in [-0.2, 0) is 9.59 Å². The number of ketones is 1. The Morgan fingerprint density at radius 1 is 1.23 bits per heavy atom. The molecule has 3 nitrogen and oxygen atoms in total. The van der Waals surface area contributed by atoms with E-state index in [9.17, 15) is 9.59 Å². The molecule has 76 valence electrons. The van der Waals surface area contributed by atoms with E-state index < -0.39 is 5.91 Å². The van der Waals surface area contributed by atoms with Crippen molar-refractivity contribution in [3.05, 3.63) is 0 Å². The summed E-state index contributed by atoms with van der Waals surface area (Å²) in [7, 11) is 0. The number of Topliss-reactive ketones (excluding diaryl/α,β-unsaturated/α-hetero) is 1. The van der Waals surface area contributed by atoms with Crippen molar-refractivity contribution in [1.29, 1.82) is 0 Å². The van der Waals surface area contributed by atoms with Crippen molar-refractivity contribution in [3.63, 3.8) is 0 Å². The van der Waals surface area contributed by atoms with E-state index in [1.54, 1.807) is 0 Å². The van der Waals surface area contributed by atoms with Gasteiger partial charge in [0.15, 0.2) is 0 Å². The van der Waals surface area contributed by atoms with Crippen molar-refractivity contribution in [2.45, 2.75) is 52.5 Å². The van der Waals surface area contributed by atoms with Crippen molar-refractivity contribution in [3.8, 4) is 0 Å². The molecule has 0 aromatic carbocycles. The van der Waals surface area contributed by atoms with Gasteiger partial charge in [0.25, 0.3) is 5.91 Å². The summed E-state index contributed by atoms with van der Waals surface area (Å²) >= 11 is 0. The number of hydrogen-bond donors (Lipinski definition) is 1. The second kappa shape index (κ2) is 5.00. The third kappa shape index (κ3) is 4.65. The molecule has 0 bridgehead atoms. The summed E-state index contributed by atoms with van der Waals surface area (Å²) < 4.78 is 0. The predicted octanol–water partition coefficient (Wildman–Crippen LogP) is 1.66. The number of carbonyl (C=O) groups is 2. The predicted molar refractivity (Wildman–Crippen MR) is 52.4 cm³/mol. The van der Waals surface area contributed by atoms with Gasteiger partial charge in [-0.25, -0.2) is 0 Å². The average molecular weight is 185 g/mol. The number of nitrogens with one attached hydrogen (secondary N) is 1. The van der Waals surface area contributed by atoms with Crippen LogP contribution < -0.4 is 5.32 Å². The van der Waals surface area contributed by atoms with Crippen LogP contribution in [0.3, 0.4) is 0 Å². The van der Waals surface area contributed by atoms with Crippen molar-refractivity contribution >= 4 is 11.7 Å². The molecule has 0 rings (SSSR count). The Kier molecular flexibility index (Phi) is 4.67. The van der Waals surface area contributed by atoms with Gasteiger partial charge in [0, 0.05) is 12.0 Å². The number of hydrogen-bond acceptors (Lipinski definition) is 2. The molecule has 0 saturated heterocycles. The fraction of sp³-hybridized carbons (Fsp3) is 0.800. The minimum Gasteiger partial charge on any atom is -0.345 e. The molecule has 0 aliphatic carbocycles. The molecule has 0 heterocycles. The minimum absolute atomic E-state index is 0.277. The SMILES string of the molecule is CCCC(=O)C(=O)NC(C)(C)CC. The van der Waals surface area contributed by atoms with Gasteiger partial charge in [-0.05, 0) is 26.7 Å². The van der Waals surface area contributed by atoms with Crippen molar-refractivity contribution in [1.82, 2.24) is 5.32 Å². The van der Waals surface area contributed by atoms with Crippen LogP contribution in [0.5, 0.6) is 0 Å². The molecule has 0 aromatic rings. The zero-order valence-corrected chi connectivity index (χ0v) is 8.94. The second-order valence-electron chi connectivity index (χ2n) is 3.86. The van der Waals surface area contributed by atoms with E-state index in [-0.39, 0.29) is 11.3 Å². The smallest absolute Gasteiger partial charge is 0.287 e. The van der Waals surface area contributed by atoms with Gasteiger partial charge in [-0.15, -0.1) is 0 Å². The topological polar surface area (TPSA) is 46.2 Å². The summed E-state index contributed by atoms with van der Waals surface area (Å²) in [6, 6.07) is 0. The molecule has 1 N–H and O–H groups in total. The lowest BCUT2D eigenvalue weighted by molar-refractivity contribution is -0.139. The van der Waals surface area contributed by atoms with E-state index in [0.717, 1.165) is 12.8 Å². The lowest BCUT2D eigenvalue weighted by Crippen LogP contribution is -2.45. The van der Waals surface area contributed by atoms with E-state index in [1.165, 1.54) is 0 Å². The Bertz CT molecular complexity index is 197. The molecule has 0 aromatic heterocycles. The minimum atomic E-state index is -0.450. The monoisotopic (exact) mass is 185 g/mol. The van der Waals surface area contributed by atoms with Gasteiger partial charge in [0.2, 0.25) is 5.78 Å². The molecule has 0 aliphatic heterocycles. The highest BCUT2D eigenvalue weighted by molar-refractivity contribution is 6.36. The Morgan fingerprint density at radius 2 is 1.77 bits per heavy atom. The fourth-order valence-electron chi connectivity index (χ4n) is 0.806. The molecular weight excluding hydrogens is 166 g/mol. The van der Waals surface area contributed by atoms with E-state index in [4.69, 9.17) is 0 Å². The molecular formula is C10H19NO2. The lowest BCUT2D eigenvalue weighted by Gasteiger charge is -2.23. The summed E-state index contributed by atoms with van der Waals surface area (Å²) in [5.41, 5.74) is -0.277. The van der Waals surface area contributed by atoms with Gasteiger partial charge in [0.1, 0.15) is 0 Å². The Hall–Kier alpha value is -0.860. The van der Waals surface area contributed by atoms with Gasteiger partial charge in [-0.1, -0.05) is 13.8 Å². The van der Waals surface area contributed by atoms with Crippen LogP contribution in [0.15, 0.2) is 0 Å². The van der Waals surface area contributed by atoms with Crippen molar-refractivity contribution < 1.29 is 9.59 Å². The number of carbonyl (C=O) groups excluding carboxylic acids is 2. The summed E-state index contributed by atoms with van der Waals surface area (Å²) in [6.45, 7) is 7.68. The lowest BCUT2D eigenvalue weighted by atomic mass is 10.0. The highest BCUT2D eigenvalue weighted by Gasteiger charge is 2.21. The third-order valence-electron chi connectivity index (χ3n) is 2.07. The Morgan fingerprint density at radius 3 is 2.15 bits per heavy atom. The van der Waals surface area contributed by atoms with Gasteiger partial charge in [-0.2, -0.15) is 0 Å². The third-order valence-corrected chi connectivity index (χ3v) is 2.07. The first kappa shape index (κ1) is 12.1. The molecule has 0 atom stereocenters. The highest BCUT2D eigenvalue weighted by Crippen LogP contribution is 2.06. The van der Waals surface area contributed by atoms with Crippen LogP contribution in [-0.4, -0.2) is 17.2 Å². The van der Waals surface area contributed by atoms with Crippen LogP contribution in [0.25, 0.3) is 0 Å². The van der Waals surface area contributed by atoms with Gasteiger partial charge >= 0.3 is 0 Å². The average Bonchev–Trinajstić information content (AvgIpc) is 2.04. The Balaban J connectivity index is 4.07. The second-order valence-corrected chi connectivity index (χ2v) is 3.86. The van der Waals surface area contributed by atoms with Crippen LogP contribution in [0.4, 0.5) is 0 Å². The maximum Gasteiger partial charge on any atom is 0.287 e. The zero-order chi connectivity index (χ0) is 10.5. The largest absolute Gasteiger partial charge is 0.345 e. The van der Waals surface area contributed by atoms with E-state index in [2.05, 4.69) is 5.32 Å². The fourth-order valence-corrected chi connectivity index (χ4v) is 0.806. The van der Waals surface area contributed by atoms with Crippen molar-refractivity contribution in [2.75, 3.05) is 0 Å². The molecule has 0 aliphatic rings. The van der Waals surface area contributed by atoms with Gasteiger partial charge in [0.05, 0.1) is 0 Å². The maximum atomic E-state index is 11.2. The molecule has 0 radical (unpaired) electrons. The standard InChI is InChI=1S/C10H19NO2/c1-5-7-8(12)9(13)11-10(3,4)6-2/h5-7H2,1-4H3,(H,11,13). The first-order chi connectivity index (χ1) is 5.93. The van der Waals surface area contributed by atoms with E-state index in [1.807, 2.05) is 27.7 Å². The molecule has 0 unspecified atom stereocenters. The molecule has 0 fully saturated rings. The van der Waals surface area contributed by atoms with Crippen LogP contribution in [0.1, 0.15) is 47.0 Å². The first-order valence-corrected chi connectivity index (χ1v) is 4.78. The van der Waals surface area contributed by atoms with Gasteiger partial charge < -0.3 is 5.32 Å². The van der Waals surface area contributed by atoms with Crippen LogP contribution >= 0.6 is 0 Å². The zero-order valence-electron chi connectivity index (χ0n) is 8.94. The maximum absolute atomic E-state index is 11.2. The summed E-state index contributed by atoms with van der Waals surface area (Å²) in [6.07, 6.45) is 1.88. The van der Waals surface area contributed by atoms with Gasteiger partial charge in [-0.3, -0.25) is 9.59 Å². The molecule has 0 saturated carbocycles. The van der Waals surface area contributed by atoms with Crippen molar-refractivity contribution in [2.24, 2.45) is 0 Å². The van der Waals surface area contributed by atoms with Crippen LogP contribution in [0.2, 0.25) is 0 Å². The normalized spacial score (nSPS) is 11.1. The number of amides is 1. The first-order valence-electron chi connectivity index (χ1n) is 4.78. The quantitative estimate of drug-likeness (QED) is 0.662. The summed E-state index contributed by atoms with van der Waals surface area (Å²) in [5.74, 6) is -0.766. The number of rotatable bonds is 5. The molecule has 1 amide bonds. The highest BCUT2D eigenvalue weighted by atomic mass is 16.2.